The first kappa shape index (κ1) is 16.7. The molecule has 0 radical (unpaired) electrons. The second-order valence-corrected chi connectivity index (χ2v) is 5.70. The third-order valence-corrected chi connectivity index (χ3v) is 3.69. The van der Waals surface area contributed by atoms with E-state index in [4.69, 9.17) is 4.52 Å². The first-order valence-corrected chi connectivity index (χ1v) is 7.99. The average molecular weight is 341 g/mol. The number of nitrogens with zero attached hydrogens (tertiary/aromatic N) is 6. The molecule has 1 atom stereocenters. The van der Waals surface area contributed by atoms with E-state index in [-0.39, 0.29) is 11.9 Å². The summed E-state index contributed by atoms with van der Waals surface area (Å²) in [5.74, 6) is 1.67. The Bertz CT molecular complexity index is 828. The molecule has 9 nitrogen and oxygen atoms in total. The summed E-state index contributed by atoms with van der Waals surface area (Å²) in [6, 6.07) is 3.48. The number of hydrogen-bond donors (Lipinski definition) is 1. The molecule has 1 N–H and O–H groups in total. The van der Waals surface area contributed by atoms with E-state index in [0.717, 1.165) is 5.56 Å². The van der Waals surface area contributed by atoms with Crippen molar-refractivity contribution in [3.05, 3.63) is 42.6 Å². The molecule has 3 aromatic rings. The van der Waals surface area contributed by atoms with E-state index in [1.165, 1.54) is 0 Å². The lowest BCUT2D eigenvalue weighted by Gasteiger charge is -2.12. The van der Waals surface area contributed by atoms with Crippen molar-refractivity contribution in [2.45, 2.75) is 32.2 Å². The Labute approximate surface area is 144 Å². The highest BCUT2D eigenvalue weighted by atomic mass is 16.5. The molecule has 0 saturated carbocycles. The van der Waals surface area contributed by atoms with Crippen LogP contribution in [0, 0.1) is 0 Å². The highest BCUT2D eigenvalue weighted by Crippen LogP contribution is 2.15. The Hall–Kier alpha value is -3.10. The Morgan fingerprint density at radius 1 is 1.44 bits per heavy atom. The highest BCUT2D eigenvalue weighted by molar-refractivity contribution is 5.76. The molecule has 0 fully saturated rings. The largest absolute Gasteiger partial charge is 0.346 e. The molecular weight excluding hydrogens is 322 g/mol. The number of rotatable bonds is 7. The Kier molecular flexibility index (Phi) is 5.12. The fraction of sp³-hybridized carbons (Fsp3) is 0.375. The summed E-state index contributed by atoms with van der Waals surface area (Å²) in [4.78, 5) is 20.4. The van der Waals surface area contributed by atoms with Gasteiger partial charge in [-0.2, -0.15) is 4.98 Å². The van der Waals surface area contributed by atoms with E-state index in [9.17, 15) is 4.79 Å². The van der Waals surface area contributed by atoms with Crippen LogP contribution in [-0.2, 0) is 18.3 Å². The van der Waals surface area contributed by atoms with Gasteiger partial charge in [-0.05, 0) is 25.5 Å². The highest BCUT2D eigenvalue weighted by Gasteiger charge is 2.14. The summed E-state index contributed by atoms with van der Waals surface area (Å²) in [6.07, 6.45) is 6.49. The number of nitrogens with one attached hydrogen (secondary N) is 1. The van der Waals surface area contributed by atoms with Crippen LogP contribution in [0.2, 0.25) is 0 Å². The predicted octanol–water partition coefficient (Wildman–Crippen LogP) is 1.46. The molecule has 1 amide bonds. The summed E-state index contributed by atoms with van der Waals surface area (Å²) >= 11 is 0. The molecule has 0 aromatic carbocycles. The molecule has 0 aliphatic rings. The molecule has 3 rings (SSSR count). The van der Waals surface area contributed by atoms with Crippen LogP contribution in [0.25, 0.3) is 11.4 Å². The van der Waals surface area contributed by atoms with Crippen molar-refractivity contribution in [3.8, 4) is 11.4 Å². The topological polar surface area (TPSA) is 112 Å². The van der Waals surface area contributed by atoms with Gasteiger partial charge in [-0.3, -0.25) is 9.78 Å². The molecule has 0 bridgehead atoms. The fourth-order valence-electron chi connectivity index (χ4n) is 2.43. The zero-order valence-electron chi connectivity index (χ0n) is 14.1. The zero-order chi connectivity index (χ0) is 17.6. The minimum atomic E-state index is -0.194. The fourth-order valence-corrected chi connectivity index (χ4v) is 2.43. The zero-order valence-corrected chi connectivity index (χ0v) is 14.1. The molecule has 0 saturated heterocycles. The molecular formula is C16H19N7O2. The van der Waals surface area contributed by atoms with Crippen LogP contribution in [0.3, 0.4) is 0 Å². The molecule has 9 heteroatoms. The summed E-state index contributed by atoms with van der Waals surface area (Å²) in [5.41, 5.74) is 0.799. The van der Waals surface area contributed by atoms with Gasteiger partial charge in [0.25, 0.3) is 0 Å². The quantitative estimate of drug-likeness (QED) is 0.692. The van der Waals surface area contributed by atoms with E-state index in [1.54, 1.807) is 23.3 Å². The number of aryl methyl sites for hydroxylation is 2. The third-order valence-electron chi connectivity index (χ3n) is 3.69. The van der Waals surface area contributed by atoms with Gasteiger partial charge < -0.3 is 14.4 Å². The van der Waals surface area contributed by atoms with E-state index in [0.29, 0.717) is 36.8 Å². The van der Waals surface area contributed by atoms with Gasteiger partial charge >= 0.3 is 0 Å². The SMILES string of the molecule is CC(NC(=O)CCCc1nc(-c2cccnc2)no1)c1nncn1C. The van der Waals surface area contributed by atoms with Crippen LogP contribution in [-0.4, -0.2) is 35.8 Å². The smallest absolute Gasteiger partial charge is 0.226 e. The monoisotopic (exact) mass is 341 g/mol. The summed E-state index contributed by atoms with van der Waals surface area (Å²) in [6.45, 7) is 1.88. The van der Waals surface area contributed by atoms with Crippen molar-refractivity contribution in [1.82, 2.24) is 35.2 Å². The van der Waals surface area contributed by atoms with Crippen molar-refractivity contribution in [2.75, 3.05) is 0 Å². The molecule has 0 aliphatic carbocycles. The minimum absolute atomic E-state index is 0.0532. The number of amides is 1. The normalized spacial score (nSPS) is 12.1. The van der Waals surface area contributed by atoms with Gasteiger partial charge in [-0.25, -0.2) is 0 Å². The second kappa shape index (κ2) is 7.65. The molecule has 3 aromatic heterocycles. The second-order valence-electron chi connectivity index (χ2n) is 5.70. The van der Waals surface area contributed by atoms with Gasteiger partial charge in [-0.1, -0.05) is 5.16 Å². The van der Waals surface area contributed by atoms with Crippen LogP contribution < -0.4 is 5.32 Å². The lowest BCUT2D eigenvalue weighted by Crippen LogP contribution is -2.28. The summed E-state index contributed by atoms with van der Waals surface area (Å²) in [5, 5.41) is 14.6. The van der Waals surface area contributed by atoms with Gasteiger partial charge in [0.15, 0.2) is 5.82 Å². The van der Waals surface area contributed by atoms with Gasteiger partial charge in [-0.15, -0.1) is 10.2 Å². The van der Waals surface area contributed by atoms with Crippen LogP contribution in [0.15, 0.2) is 35.4 Å². The number of pyridine rings is 1. The van der Waals surface area contributed by atoms with Crippen molar-refractivity contribution in [1.29, 1.82) is 0 Å². The Morgan fingerprint density at radius 3 is 3.04 bits per heavy atom. The van der Waals surface area contributed by atoms with E-state index < -0.39 is 0 Å². The average Bonchev–Trinajstić information content (AvgIpc) is 3.24. The lowest BCUT2D eigenvalue weighted by molar-refractivity contribution is -0.121. The van der Waals surface area contributed by atoms with Crippen LogP contribution in [0.5, 0.6) is 0 Å². The first-order valence-electron chi connectivity index (χ1n) is 7.99. The minimum Gasteiger partial charge on any atom is -0.346 e. The Balaban J connectivity index is 1.46. The standard InChI is InChI=1S/C16H19N7O2/c1-11(16-21-18-10-23(16)2)19-13(24)6-3-7-14-20-15(22-25-14)12-5-4-8-17-9-12/h4-5,8-11H,3,6-7H2,1-2H3,(H,19,24). The lowest BCUT2D eigenvalue weighted by atomic mass is 10.2. The van der Waals surface area contributed by atoms with Gasteiger partial charge in [0.2, 0.25) is 17.6 Å². The van der Waals surface area contributed by atoms with Crippen molar-refractivity contribution >= 4 is 5.91 Å². The predicted molar refractivity (Wildman–Crippen MR) is 88.0 cm³/mol. The van der Waals surface area contributed by atoms with Gasteiger partial charge in [0, 0.05) is 37.8 Å². The van der Waals surface area contributed by atoms with E-state index in [2.05, 4.69) is 30.6 Å². The molecule has 25 heavy (non-hydrogen) atoms. The maximum absolute atomic E-state index is 12.0. The van der Waals surface area contributed by atoms with Crippen LogP contribution in [0.1, 0.15) is 37.5 Å². The third kappa shape index (κ3) is 4.25. The van der Waals surface area contributed by atoms with Gasteiger partial charge in [0.05, 0.1) is 6.04 Å². The van der Waals surface area contributed by atoms with Crippen molar-refractivity contribution in [2.24, 2.45) is 7.05 Å². The van der Waals surface area contributed by atoms with Crippen LogP contribution >= 0.6 is 0 Å². The maximum Gasteiger partial charge on any atom is 0.226 e. The molecule has 3 heterocycles. The van der Waals surface area contributed by atoms with Gasteiger partial charge in [0.1, 0.15) is 6.33 Å². The van der Waals surface area contributed by atoms with Crippen molar-refractivity contribution in [3.63, 3.8) is 0 Å². The first-order chi connectivity index (χ1) is 12.1. The number of carbonyl (C=O) groups is 1. The molecule has 0 aliphatic heterocycles. The summed E-state index contributed by atoms with van der Waals surface area (Å²) < 4.78 is 7.00. The Morgan fingerprint density at radius 2 is 2.32 bits per heavy atom. The van der Waals surface area contributed by atoms with Crippen molar-refractivity contribution < 1.29 is 9.32 Å². The van der Waals surface area contributed by atoms with E-state index in [1.807, 2.05) is 26.1 Å². The molecule has 0 spiro atoms. The number of hydrogen-bond acceptors (Lipinski definition) is 7. The van der Waals surface area contributed by atoms with E-state index >= 15 is 0 Å². The maximum atomic E-state index is 12.0. The van der Waals surface area contributed by atoms with Crippen LogP contribution in [0.4, 0.5) is 0 Å². The number of carbonyl (C=O) groups excluding carboxylic acids is 1. The summed E-state index contributed by atoms with van der Waals surface area (Å²) in [7, 11) is 1.84. The number of aromatic nitrogens is 6. The molecule has 130 valence electrons. The molecule has 1 unspecified atom stereocenters.